The Bertz CT molecular complexity index is 1240. The molecule has 0 fully saturated rings. The summed E-state index contributed by atoms with van der Waals surface area (Å²) in [5.74, 6) is -1.90. The monoisotopic (exact) mass is 530 g/mol. The Kier molecular flexibility index (Phi) is 10.1. The molecule has 2 N–H and O–H groups in total. The van der Waals surface area contributed by atoms with E-state index in [1.165, 1.54) is 37.3 Å². The average Bonchev–Trinajstić information content (AvgIpc) is 3.39. The van der Waals surface area contributed by atoms with Gasteiger partial charge in [0.2, 0.25) is 0 Å². The summed E-state index contributed by atoms with van der Waals surface area (Å²) in [7, 11) is 2.73. The van der Waals surface area contributed by atoms with Crippen LogP contribution >= 0.6 is 0 Å². The molecule has 202 valence electrons. The maximum Gasteiger partial charge on any atom is 0.412 e. The number of likely N-dealkylation sites (N-methyl/N-ethyl adjacent to an activating group) is 1. The molecule has 3 amide bonds. The summed E-state index contributed by atoms with van der Waals surface area (Å²) >= 11 is 0. The van der Waals surface area contributed by atoms with Crippen molar-refractivity contribution in [1.29, 1.82) is 0 Å². The summed E-state index contributed by atoms with van der Waals surface area (Å²) in [5, 5.41) is 8.77. The normalized spacial score (nSPS) is 11.4. The van der Waals surface area contributed by atoms with E-state index in [0.717, 1.165) is 11.6 Å². The highest BCUT2D eigenvalue weighted by Crippen LogP contribution is 2.22. The quantitative estimate of drug-likeness (QED) is 0.344. The molecule has 0 radical (unpaired) electrons. The topological polar surface area (TPSA) is 123 Å². The molecular weight excluding hydrogens is 502 g/mol. The van der Waals surface area contributed by atoms with Crippen molar-refractivity contribution in [3.05, 3.63) is 71.8 Å². The molecule has 0 bridgehead atoms. The number of aromatic nitrogens is 1. The molecule has 1 aromatic heterocycles. The first-order chi connectivity index (χ1) is 18.3. The first-order valence-electron chi connectivity index (χ1n) is 11.7. The van der Waals surface area contributed by atoms with E-state index in [0.29, 0.717) is 18.6 Å². The lowest BCUT2D eigenvalue weighted by molar-refractivity contribution is -0.140. The molecule has 1 atom stereocenters. The van der Waals surface area contributed by atoms with Gasteiger partial charge in [0.1, 0.15) is 6.61 Å². The lowest BCUT2D eigenvalue weighted by Crippen LogP contribution is -2.46. The van der Waals surface area contributed by atoms with Crippen LogP contribution in [0.3, 0.4) is 0 Å². The Morgan fingerprint density at radius 3 is 2.61 bits per heavy atom. The molecule has 0 saturated heterocycles. The Morgan fingerprint density at radius 2 is 1.87 bits per heavy atom. The van der Waals surface area contributed by atoms with Gasteiger partial charge >= 0.3 is 18.1 Å². The zero-order valence-electron chi connectivity index (χ0n) is 20.9. The summed E-state index contributed by atoms with van der Waals surface area (Å²) in [6.07, 6.45) is -0.0820. The molecule has 12 heteroatoms. The number of nitrogens with zero attached hydrogens (tertiary/aromatic N) is 2. The predicted molar refractivity (Wildman–Crippen MR) is 133 cm³/mol. The fourth-order valence-corrected chi connectivity index (χ4v) is 3.50. The van der Waals surface area contributed by atoms with Crippen LogP contribution < -0.4 is 10.6 Å². The zero-order chi connectivity index (χ0) is 27.5. The second-order valence-corrected chi connectivity index (χ2v) is 8.27. The van der Waals surface area contributed by atoms with E-state index in [2.05, 4.69) is 20.5 Å². The standard InChI is InChI=1S/C26H28F2N4O6/c1-32(25(34)29-15-18-10-6-12-20(27)24(18)28)19(11-7-13-23(33)36-2)16-37-26(35)30-22-14-21(38-31-22)17-8-4-3-5-9-17/h3-6,8-10,12,14,19H,7,11,13,15-16H2,1-2H3,(H,29,34)(H,30,31,35)/t19-/m0/s1. The summed E-state index contributed by atoms with van der Waals surface area (Å²) in [5.41, 5.74) is 0.755. The molecule has 0 saturated carbocycles. The largest absolute Gasteiger partial charge is 0.469 e. The third kappa shape index (κ3) is 8.02. The maximum absolute atomic E-state index is 13.9. The number of benzene rings is 2. The molecule has 3 aromatic rings. The third-order valence-corrected chi connectivity index (χ3v) is 5.68. The van der Waals surface area contributed by atoms with Crippen molar-refractivity contribution in [1.82, 2.24) is 15.4 Å². The number of hydrogen-bond acceptors (Lipinski definition) is 7. The number of hydrogen-bond donors (Lipinski definition) is 2. The van der Waals surface area contributed by atoms with Crippen molar-refractivity contribution in [3.63, 3.8) is 0 Å². The molecule has 0 unspecified atom stereocenters. The minimum Gasteiger partial charge on any atom is -0.469 e. The van der Waals surface area contributed by atoms with E-state index < -0.39 is 35.8 Å². The Labute approximate surface area is 217 Å². The molecule has 0 spiro atoms. The molecule has 38 heavy (non-hydrogen) atoms. The first-order valence-corrected chi connectivity index (χ1v) is 11.7. The Morgan fingerprint density at radius 1 is 1.11 bits per heavy atom. The molecule has 0 aliphatic heterocycles. The van der Waals surface area contributed by atoms with E-state index in [9.17, 15) is 23.2 Å². The van der Waals surface area contributed by atoms with Gasteiger partial charge in [0.15, 0.2) is 23.2 Å². The van der Waals surface area contributed by atoms with Gasteiger partial charge < -0.3 is 24.2 Å². The summed E-state index contributed by atoms with van der Waals surface area (Å²) in [6.45, 7) is -0.465. The van der Waals surface area contributed by atoms with Crippen LogP contribution in [-0.4, -0.2) is 55.0 Å². The van der Waals surface area contributed by atoms with Crippen molar-refractivity contribution in [2.24, 2.45) is 0 Å². The van der Waals surface area contributed by atoms with Crippen LogP contribution in [0.25, 0.3) is 11.3 Å². The Balaban J connectivity index is 1.57. The van der Waals surface area contributed by atoms with Gasteiger partial charge in [0, 0.05) is 37.2 Å². The maximum atomic E-state index is 13.9. The van der Waals surface area contributed by atoms with Crippen molar-refractivity contribution in [3.8, 4) is 11.3 Å². The second-order valence-electron chi connectivity index (χ2n) is 8.27. The van der Waals surface area contributed by atoms with Crippen LogP contribution in [0.5, 0.6) is 0 Å². The van der Waals surface area contributed by atoms with Crippen LogP contribution in [0.2, 0.25) is 0 Å². The average molecular weight is 531 g/mol. The van der Waals surface area contributed by atoms with E-state index in [1.807, 2.05) is 30.3 Å². The highest BCUT2D eigenvalue weighted by atomic mass is 19.2. The van der Waals surface area contributed by atoms with Gasteiger partial charge in [-0.1, -0.05) is 47.6 Å². The minimum absolute atomic E-state index is 0.0212. The highest BCUT2D eigenvalue weighted by Gasteiger charge is 2.23. The summed E-state index contributed by atoms with van der Waals surface area (Å²) < 4.78 is 42.5. The Hall–Kier alpha value is -4.48. The predicted octanol–water partition coefficient (Wildman–Crippen LogP) is 4.72. The third-order valence-electron chi connectivity index (χ3n) is 5.68. The van der Waals surface area contributed by atoms with Crippen LogP contribution in [0.15, 0.2) is 59.1 Å². The summed E-state index contributed by atoms with van der Waals surface area (Å²) in [4.78, 5) is 37.9. The minimum atomic E-state index is -1.05. The van der Waals surface area contributed by atoms with E-state index in [1.54, 1.807) is 0 Å². The van der Waals surface area contributed by atoms with Gasteiger partial charge in [-0.05, 0) is 18.9 Å². The van der Waals surface area contributed by atoms with Crippen molar-refractivity contribution < 1.29 is 37.2 Å². The molecular formula is C26H28F2N4O6. The van der Waals surface area contributed by atoms with Crippen LogP contribution in [0, 0.1) is 11.6 Å². The fraction of sp³-hybridized carbons (Fsp3) is 0.308. The molecule has 0 aliphatic rings. The van der Waals surface area contributed by atoms with Crippen LogP contribution in [0.4, 0.5) is 24.2 Å². The number of amides is 3. The molecule has 3 rings (SSSR count). The molecule has 2 aromatic carbocycles. The lowest BCUT2D eigenvalue weighted by Gasteiger charge is -2.28. The number of halogens is 2. The van der Waals surface area contributed by atoms with Gasteiger partial charge in [-0.15, -0.1) is 0 Å². The van der Waals surface area contributed by atoms with Gasteiger partial charge in [-0.3, -0.25) is 10.1 Å². The number of methoxy groups -OCH3 is 1. The number of carbonyl (C=O) groups excluding carboxylic acids is 3. The van der Waals surface area contributed by atoms with E-state index >= 15 is 0 Å². The van der Waals surface area contributed by atoms with Crippen LogP contribution in [0.1, 0.15) is 24.8 Å². The van der Waals surface area contributed by atoms with Gasteiger partial charge in [0.25, 0.3) is 0 Å². The zero-order valence-corrected chi connectivity index (χ0v) is 20.9. The number of anilines is 1. The van der Waals surface area contributed by atoms with Crippen molar-refractivity contribution >= 4 is 23.9 Å². The van der Waals surface area contributed by atoms with E-state index in [4.69, 9.17) is 9.26 Å². The van der Waals surface area contributed by atoms with Crippen LogP contribution in [-0.2, 0) is 20.8 Å². The molecule has 0 aliphatic carbocycles. The number of nitrogens with one attached hydrogen (secondary N) is 2. The van der Waals surface area contributed by atoms with Crippen molar-refractivity contribution in [2.45, 2.75) is 31.8 Å². The van der Waals surface area contributed by atoms with Gasteiger partial charge in [-0.25, -0.2) is 18.4 Å². The van der Waals surface area contributed by atoms with Gasteiger partial charge in [0.05, 0.1) is 13.2 Å². The second kappa shape index (κ2) is 13.7. The number of ether oxygens (including phenoxy) is 2. The number of rotatable bonds is 11. The first kappa shape index (κ1) is 28.1. The number of urea groups is 1. The van der Waals surface area contributed by atoms with Crippen molar-refractivity contribution in [2.75, 3.05) is 26.1 Å². The molecule has 1 heterocycles. The molecule has 10 nitrogen and oxygen atoms in total. The fourth-order valence-electron chi connectivity index (χ4n) is 3.50. The number of esters is 1. The van der Waals surface area contributed by atoms with E-state index in [-0.39, 0.29) is 31.0 Å². The summed E-state index contributed by atoms with van der Waals surface area (Å²) in [6, 6.07) is 13.1. The number of carbonyl (C=O) groups is 3. The SMILES string of the molecule is COC(=O)CCC[C@@H](COC(=O)Nc1cc(-c2ccccc2)on1)N(C)C(=O)NCc1cccc(F)c1F. The smallest absolute Gasteiger partial charge is 0.412 e. The lowest BCUT2D eigenvalue weighted by atomic mass is 10.1. The van der Waals surface area contributed by atoms with Gasteiger partial charge in [-0.2, -0.15) is 0 Å². The highest BCUT2D eigenvalue weighted by molar-refractivity contribution is 5.84.